The topological polar surface area (TPSA) is 55.8 Å². The molecule has 130 valence electrons. The number of ketones is 1. The van der Waals surface area contributed by atoms with Crippen LogP contribution in [0.25, 0.3) is 6.08 Å². The van der Waals surface area contributed by atoms with Crippen LogP contribution < -0.4 is 9.47 Å². The number of hydrogen-bond donors (Lipinski definition) is 1. The van der Waals surface area contributed by atoms with Crippen molar-refractivity contribution in [2.24, 2.45) is 0 Å². The van der Waals surface area contributed by atoms with E-state index < -0.39 is 5.60 Å². The lowest BCUT2D eigenvalue weighted by Crippen LogP contribution is -2.21. The van der Waals surface area contributed by atoms with Gasteiger partial charge < -0.3 is 14.6 Å². The minimum absolute atomic E-state index is 0.0377. The van der Waals surface area contributed by atoms with E-state index in [1.54, 1.807) is 45.2 Å². The first-order valence-electron chi connectivity index (χ1n) is 8.26. The molecule has 0 saturated carbocycles. The van der Waals surface area contributed by atoms with Crippen LogP contribution in [-0.2, 0) is 0 Å². The van der Waals surface area contributed by atoms with Crippen molar-refractivity contribution in [3.63, 3.8) is 0 Å². The third-order valence-corrected chi connectivity index (χ3v) is 4.14. The number of benzene rings is 2. The summed E-state index contributed by atoms with van der Waals surface area (Å²) in [6.07, 6.45) is 3.38. The number of rotatable bonds is 4. The molecule has 0 aliphatic carbocycles. The molecule has 1 aliphatic heterocycles. The lowest BCUT2D eigenvalue weighted by Gasteiger charge is -2.27. The molecular formula is C21H22O4. The van der Waals surface area contributed by atoms with E-state index in [2.05, 4.69) is 0 Å². The van der Waals surface area contributed by atoms with Gasteiger partial charge in [-0.15, -0.1) is 0 Å². The summed E-state index contributed by atoms with van der Waals surface area (Å²) in [5, 5.41) is 9.99. The molecule has 2 aromatic rings. The Hall–Kier alpha value is -2.59. The number of carbonyl (C=O) groups excluding carboxylic acids is 1. The molecule has 0 aromatic heterocycles. The van der Waals surface area contributed by atoms with Crippen molar-refractivity contribution in [2.75, 3.05) is 7.11 Å². The van der Waals surface area contributed by atoms with E-state index in [0.29, 0.717) is 29.0 Å². The van der Waals surface area contributed by atoms with E-state index in [-0.39, 0.29) is 11.9 Å². The molecule has 1 aliphatic rings. The average molecular weight is 338 g/mol. The molecule has 0 radical (unpaired) electrons. The molecule has 0 unspecified atom stereocenters. The molecule has 0 bridgehead atoms. The number of methoxy groups -OCH3 is 1. The van der Waals surface area contributed by atoms with Crippen molar-refractivity contribution in [3.05, 3.63) is 65.2 Å². The summed E-state index contributed by atoms with van der Waals surface area (Å²) in [4.78, 5) is 12.6. The van der Waals surface area contributed by atoms with Crippen molar-refractivity contribution in [3.8, 4) is 11.5 Å². The lowest BCUT2D eigenvalue weighted by molar-refractivity contribution is 0.0849. The van der Waals surface area contributed by atoms with Crippen LogP contribution in [0.2, 0.25) is 0 Å². The quantitative estimate of drug-likeness (QED) is 0.908. The van der Waals surface area contributed by atoms with Gasteiger partial charge in [-0.05, 0) is 37.6 Å². The molecule has 1 N–H and O–H groups in total. The van der Waals surface area contributed by atoms with Gasteiger partial charge in [0.05, 0.1) is 30.3 Å². The van der Waals surface area contributed by atoms with E-state index in [1.165, 1.54) is 0 Å². The summed E-state index contributed by atoms with van der Waals surface area (Å²) in [6.45, 7) is 3.37. The van der Waals surface area contributed by atoms with Crippen molar-refractivity contribution in [2.45, 2.75) is 32.0 Å². The first-order valence-corrected chi connectivity index (χ1v) is 8.26. The monoisotopic (exact) mass is 338 g/mol. The van der Waals surface area contributed by atoms with Gasteiger partial charge in [0.2, 0.25) is 0 Å². The molecule has 4 heteroatoms. The molecule has 0 fully saturated rings. The number of ether oxygens (including phenoxy) is 2. The third-order valence-electron chi connectivity index (χ3n) is 4.14. The van der Waals surface area contributed by atoms with Crippen LogP contribution in [0.15, 0.2) is 48.5 Å². The molecule has 4 nitrogen and oxygen atoms in total. The predicted octanol–water partition coefficient (Wildman–Crippen LogP) is 4.19. The Morgan fingerprint density at radius 1 is 1.20 bits per heavy atom. The molecule has 1 atom stereocenters. The first kappa shape index (κ1) is 17.2. The highest BCUT2D eigenvalue weighted by molar-refractivity contribution is 6.01. The minimum atomic E-state index is -0.981. The van der Waals surface area contributed by atoms with Crippen LogP contribution in [0.4, 0.5) is 0 Å². The maximum Gasteiger partial charge on any atom is 0.170 e. The molecule has 0 amide bonds. The summed E-state index contributed by atoms with van der Waals surface area (Å²) >= 11 is 0. The lowest BCUT2D eigenvalue weighted by atomic mass is 9.93. The molecule has 0 saturated heterocycles. The summed E-state index contributed by atoms with van der Waals surface area (Å²) < 4.78 is 11.6. The van der Waals surface area contributed by atoms with Crippen LogP contribution in [-0.4, -0.2) is 23.6 Å². The summed E-state index contributed by atoms with van der Waals surface area (Å²) in [7, 11) is 1.57. The van der Waals surface area contributed by atoms with Gasteiger partial charge in [-0.1, -0.05) is 36.4 Å². The molecule has 2 aromatic carbocycles. The van der Waals surface area contributed by atoms with Crippen LogP contribution in [0.1, 0.15) is 47.9 Å². The third kappa shape index (κ3) is 3.74. The Labute approximate surface area is 147 Å². The van der Waals surface area contributed by atoms with Gasteiger partial charge in [-0.25, -0.2) is 0 Å². The van der Waals surface area contributed by atoms with Crippen molar-refractivity contribution >= 4 is 11.9 Å². The Bertz CT molecular complexity index is 801. The fourth-order valence-corrected chi connectivity index (χ4v) is 2.87. The van der Waals surface area contributed by atoms with E-state index in [4.69, 9.17) is 9.47 Å². The number of hydrogen-bond acceptors (Lipinski definition) is 4. The number of carbonyl (C=O) groups is 1. The molecule has 3 rings (SSSR count). The second-order valence-corrected chi connectivity index (χ2v) is 6.69. The molecular weight excluding hydrogens is 316 g/mol. The Balaban J connectivity index is 2.08. The largest absolute Gasteiger partial charge is 0.496 e. The summed E-state index contributed by atoms with van der Waals surface area (Å²) in [6, 6.07) is 13.2. The summed E-state index contributed by atoms with van der Waals surface area (Å²) in [5.74, 6) is 1.14. The van der Waals surface area contributed by atoms with Gasteiger partial charge in [0.15, 0.2) is 5.78 Å². The van der Waals surface area contributed by atoms with Gasteiger partial charge in [-0.2, -0.15) is 0 Å². The second-order valence-electron chi connectivity index (χ2n) is 6.69. The van der Waals surface area contributed by atoms with Gasteiger partial charge in [0, 0.05) is 0 Å². The van der Waals surface area contributed by atoms with Crippen molar-refractivity contribution < 1.29 is 19.4 Å². The Kier molecular flexibility index (Phi) is 4.64. The first-order chi connectivity index (χ1) is 11.9. The predicted molar refractivity (Wildman–Crippen MR) is 97.1 cm³/mol. The summed E-state index contributed by atoms with van der Waals surface area (Å²) in [5.41, 5.74) is 1.19. The normalized spacial score (nSPS) is 17.3. The van der Waals surface area contributed by atoms with E-state index in [9.17, 15) is 9.90 Å². The number of Topliss-reactive ketones (excluding diaryl/α,β-unsaturated/α-hetero) is 1. The van der Waals surface area contributed by atoms with Crippen molar-refractivity contribution in [1.29, 1.82) is 0 Å². The zero-order valence-corrected chi connectivity index (χ0v) is 14.7. The van der Waals surface area contributed by atoms with Gasteiger partial charge in [0.1, 0.15) is 17.6 Å². The highest BCUT2D eigenvalue weighted by Crippen LogP contribution is 2.41. The smallest absolute Gasteiger partial charge is 0.170 e. The van der Waals surface area contributed by atoms with E-state index in [0.717, 1.165) is 5.56 Å². The van der Waals surface area contributed by atoms with Crippen molar-refractivity contribution in [1.82, 2.24) is 0 Å². The fraction of sp³-hybridized carbons (Fsp3) is 0.286. The Morgan fingerprint density at radius 2 is 1.92 bits per heavy atom. The number of fused-ring (bicyclic) bond motifs is 1. The Morgan fingerprint density at radius 3 is 2.56 bits per heavy atom. The second kappa shape index (κ2) is 6.73. The van der Waals surface area contributed by atoms with E-state index >= 15 is 0 Å². The molecule has 0 spiro atoms. The average Bonchev–Trinajstić information content (AvgIpc) is 2.59. The standard InChI is InChI=1S/C21H22O4/c1-21(2,23)12-11-16-18(24-3)10-9-15-17(22)13-19(25-20(15)16)14-7-5-4-6-8-14/h4-12,19,23H,13H2,1-3H3/b12-11+/t19-/m1/s1. The zero-order valence-electron chi connectivity index (χ0n) is 14.7. The SMILES string of the molecule is COc1ccc2c(c1/C=C/C(C)(C)O)O[C@@H](c1ccccc1)CC2=O. The molecule has 25 heavy (non-hydrogen) atoms. The fourth-order valence-electron chi connectivity index (χ4n) is 2.87. The van der Waals surface area contributed by atoms with Crippen LogP contribution in [0, 0.1) is 0 Å². The minimum Gasteiger partial charge on any atom is -0.496 e. The maximum atomic E-state index is 12.6. The maximum absolute atomic E-state index is 12.6. The zero-order chi connectivity index (χ0) is 18.0. The highest BCUT2D eigenvalue weighted by Gasteiger charge is 2.30. The molecule has 1 heterocycles. The highest BCUT2D eigenvalue weighted by atomic mass is 16.5. The van der Waals surface area contributed by atoms with Gasteiger partial charge in [0.25, 0.3) is 0 Å². The van der Waals surface area contributed by atoms with Crippen LogP contribution in [0.3, 0.4) is 0 Å². The van der Waals surface area contributed by atoms with Crippen LogP contribution in [0.5, 0.6) is 11.5 Å². The van der Waals surface area contributed by atoms with E-state index in [1.807, 2.05) is 30.3 Å². The van der Waals surface area contributed by atoms with Gasteiger partial charge in [-0.3, -0.25) is 4.79 Å². The number of aliphatic hydroxyl groups is 1. The van der Waals surface area contributed by atoms with Crippen LogP contribution >= 0.6 is 0 Å². The van der Waals surface area contributed by atoms with Gasteiger partial charge >= 0.3 is 0 Å².